The monoisotopic (exact) mass is 260 g/mol. The average Bonchev–Trinajstić information content (AvgIpc) is 2.24. The third-order valence-corrected chi connectivity index (χ3v) is 2.03. The van der Waals surface area contributed by atoms with E-state index in [9.17, 15) is 9.59 Å². The fourth-order valence-electron chi connectivity index (χ4n) is 1.17. The number of methoxy groups -OCH3 is 1. The van der Waals surface area contributed by atoms with Gasteiger partial charge in [-0.2, -0.15) is 0 Å². The minimum atomic E-state index is -0.484. The van der Waals surface area contributed by atoms with Crippen molar-refractivity contribution in [1.29, 1.82) is 0 Å². The Morgan fingerprint density at radius 3 is 2.33 bits per heavy atom. The number of ether oxygens (including phenoxy) is 2. The number of rotatable bonds is 6. The molecule has 0 saturated heterocycles. The van der Waals surface area contributed by atoms with Crippen LogP contribution in [-0.2, 0) is 14.3 Å². The van der Waals surface area contributed by atoms with Crippen molar-refractivity contribution >= 4 is 12.1 Å². The van der Waals surface area contributed by atoms with E-state index in [1.54, 1.807) is 6.92 Å². The first-order valence-corrected chi connectivity index (χ1v) is 6.04. The van der Waals surface area contributed by atoms with Crippen LogP contribution in [0.4, 0.5) is 4.79 Å². The summed E-state index contributed by atoms with van der Waals surface area (Å²) in [6.07, 6.45) is 0.282. The van der Waals surface area contributed by atoms with E-state index in [1.807, 2.05) is 20.8 Å². The van der Waals surface area contributed by atoms with Crippen LogP contribution >= 0.6 is 0 Å². The van der Waals surface area contributed by atoms with Gasteiger partial charge in [-0.3, -0.25) is 4.79 Å². The standard InChI is InChI=1S/C12H24N2O4/c1-9(10(15)17-5)13-7-6-8-14-11(16)18-12(2,3)4/h9,13H,6-8H2,1-5H3,(H,14,16). The Hall–Kier alpha value is -1.30. The van der Waals surface area contributed by atoms with Gasteiger partial charge in [-0.1, -0.05) is 0 Å². The molecule has 0 saturated carbocycles. The van der Waals surface area contributed by atoms with Gasteiger partial charge in [0.2, 0.25) is 0 Å². The molecule has 2 N–H and O–H groups in total. The van der Waals surface area contributed by atoms with Crippen LogP contribution < -0.4 is 10.6 Å². The largest absolute Gasteiger partial charge is 0.468 e. The van der Waals surface area contributed by atoms with Crippen molar-refractivity contribution in [1.82, 2.24) is 10.6 Å². The van der Waals surface area contributed by atoms with Crippen molar-refractivity contribution in [3.8, 4) is 0 Å². The minimum absolute atomic E-state index is 0.296. The van der Waals surface area contributed by atoms with Gasteiger partial charge >= 0.3 is 12.1 Å². The molecule has 6 heteroatoms. The Bertz CT molecular complexity index is 274. The predicted octanol–water partition coefficient (Wildman–Crippen LogP) is 1.05. The molecule has 0 fully saturated rings. The third-order valence-electron chi connectivity index (χ3n) is 2.03. The van der Waals surface area contributed by atoms with Gasteiger partial charge in [0, 0.05) is 6.54 Å². The predicted molar refractivity (Wildman–Crippen MR) is 68.3 cm³/mol. The van der Waals surface area contributed by atoms with Crippen LogP contribution in [0.3, 0.4) is 0 Å². The maximum Gasteiger partial charge on any atom is 0.407 e. The van der Waals surface area contributed by atoms with Gasteiger partial charge < -0.3 is 20.1 Å². The van der Waals surface area contributed by atoms with Crippen molar-refractivity contribution in [2.24, 2.45) is 0 Å². The molecule has 0 aromatic carbocycles. The van der Waals surface area contributed by atoms with Gasteiger partial charge in [0.25, 0.3) is 0 Å². The molecule has 0 aromatic heterocycles. The van der Waals surface area contributed by atoms with Crippen LogP contribution in [-0.4, -0.2) is 43.9 Å². The summed E-state index contributed by atoms with van der Waals surface area (Å²) in [5.74, 6) is -0.296. The Morgan fingerprint density at radius 2 is 1.83 bits per heavy atom. The first-order valence-electron chi connectivity index (χ1n) is 6.04. The molecular weight excluding hydrogens is 236 g/mol. The number of alkyl carbamates (subject to hydrolysis) is 1. The lowest BCUT2D eigenvalue weighted by molar-refractivity contribution is -0.142. The fraction of sp³-hybridized carbons (Fsp3) is 0.833. The Balaban J connectivity index is 3.57. The maximum atomic E-state index is 11.3. The summed E-state index contributed by atoms with van der Waals surface area (Å²) < 4.78 is 9.65. The first kappa shape index (κ1) is 16.7. The van der Waals surface area contributed by atoms with Gasteiger partial charge in [-0.15, -0.1) is 0 Å². The summed E-state index contributed by atoms with van der Waals surface area (Å²) in [5, 5.41) is 5.63. The lowest BCUT2D eigenvalue weighted by Crippen LogP contribution is -2.37. The number of carbonyl (C=O) groups excluding carboxylic acids is 2. The molecule has 106 valence electrons. The van der Waals surface area contributed by atoms with Crippen LogP contribution in [0.25, 0.3) is 0 Å². The quantitative estimate of drug-likeness (QED) is 0.551. The van der Waals surface area contributed by atoms with Crippen LogP contribution in [0.15, 0.2) is 0 Å². The van der Waals surface area contributed by atoms with E-state index in [1.165, 1.54) is 7.11 Å². The van der Waals surface area contributed by atoms with Gasteiger partial charge in [0.1, 0.15) is 11.6 Å². The van der Waals surface area contributed by atoms with Crippen molar-refractivity contribution in [3.63, 3.8) is 0 Å². The van der Waals surface area contributed by atoms with Gasteiger partial charge in [0.05, 0.1) is 7.11 Å². The molecule has 0 aliphatic carbocycles. The number of esters is 1. The lowest BCUT2D eigenvalue weighted by atomic mass is 10.2. The summed E-state index contributed by atoms with van der Waals surface area (Å²) >= 11 is 0. The molecule has 1 amide bonds. The molecular formula is C12H24N2O4. The summed E-state index contributed by atoms with van der Waals surface area (Å²) in [7, 11) is 1.35. The van der Waals surface area contributed by atoms with Gasteiger partial charge in [-0.25, -0.2) is 4.79 Å². The average molecular weight is 260 g/mol. The summed E-state index contributed by atoms with van der Waals surface area (Å²) in [5.41, 5.74) is -0.484. The zero-order valence-corrected chi connectivity index (χ0v) is 11.8. The van der Waals surface area contributed by atoms with Crippen LogP contribution in [0, 0.1) is 0 Å². The van der Waals surface area contributed by atoms with E-state index < -0.39 is 11.7 Å². The van der Waals surface area contributed by atoms with E-state index >= 15 is 0 Å². The molecule has 0 bridgehead atoms. The summed E-state index contributed by atoms with van der Waals surface area (Å²) in [6.45, 7) is 8.28. The highest BCUT2D eigenvalue weighted by molar-refractivity contribution is 5.75. The first-order chi connectivity index (χ1) is 8.26. The second-order valence-electron chi connectivity index (χ2n) is 4.98. The van der Waals surface area contributed by atoms with E-state index in [2.05, 4.69) is 15.4 Å². The SMILES string of the molecule is COC(=O)C(C)NCCCNC(=O)OC(C)(C)C. The summed E-state index contributed by atoms with van der Waals surface area (Å²) in [4.78, 5) is 22.3. The zero-order valence-electron chi connectivity index (χ0n) is 11.8. The van der Waals surface area contributed by atoms with Crippen molar-refractivity contribution < 1.29 is 19.1 Å². The summed E-state index contributed by atoms with van der Waals surface area (Å²) in [6, 6.07) is -0.337. The Labute approximate surface area is 108 Å². The molecule has 6 nitrogen and oxygen atoms in total. The molecule has 0 radical (unpaired) electrons. The Morgan fingerprint density at radius 1 is 1.22 bits per heavy atom. The molecule has 0 spiro atoms. The fourth-order valence-corrected chi connectivity index (χ4v) is 1.17. The van der Waals surface area contributed by atoms with Gasteiger partial charge in [0.15, 0.2) is 0 Å². The molecule has 0 rings (SSSR count). The number of amides is 1. The normalized spacial score (nSPS) is 12.7. The van der Waals surface area contributed by atoms with Crippen molar-refractivity contribution in [2.45, 2.75) is 45.8 Å². The number of nitrogens with one attached hydrogen (secondary N) is 2. The lowest BCUT2D eigenvalue weighted by Gasteiger charge is -2.19. The second-order valence-corrected chi connectivity index (χ2v) is 4.98. The highest BCUT2D eigenvalue weighted by Gasteiger charge is 2.15. The molecule has 0 heterocycles. The van der Waals surface area contributed by atoms with Crippen LogP contribution in [0.5, 0.6) is 0 Å². The highest BCUT2D eigenvalue weighted by atomic mass is 16.6. The van der Waals surface area contributed by atoms with E-state index in [4.69, 9.17) is 4.74 Å². The molecule has 18 heavy (non-hydrogen) atoms. The molecule has 1 atom stereocenters. The smallest absolute Gasteiger partial charge is 0.407 e. The van der Waals surface area contributed by atoms with E-state index in [0.717, 1.165) is 0 Å². The minimum Gasteiger partial charge on any atom is -0.468 e. The van der Waals surface area contributed by atoms with Crippen LogP contribution in [0.2, 0.25) is 0 Å². The Kier molecular flexibility index (Phi) is 7.35. The van der Waals surface area contributed by atoms with Crippen LogP contribution in [0.1, 0.15) is 34.1 Å². The molecule has 1 unspecified atom stereocenters. The third kappa shape index (κ3) is 8.81. The highest BCUT2D eigenvalue weighted by Crippen LogP contribution is 2.06. The maximum absolute atomic E-state index is 11.3. The van der Waals surface area contributed by atoms with Crippen molar-refractivity contribution in [2.75, 3.05) is 20.2 Å². The molecule has 0 aliphatic heterocycles. The topological polar surface area (TPSA) is 76.7 Å². The van der Waals surface area contributed by atoms with Gasteiger partial charge in [-0.05, 0) is 40.7 Å². The van der Waals surface area contributed by atoms with E-state index in [-0.39, 0.29) is 12.0 Å². The number of carbonyl (C=O) groups is 2. The number of hydrogen-bond donors (Lipinski definition) is 2. The van der Waals surface area contributed by atoms with Crippen molar-refractivity contribution in [3.05, 3.63) is 0 Å². The van der Waals surface area contributed by atoms with E-state index in [0.29, 0.717) is 19.5 Å². The molecule has 0 aliphatic rings. The zero-order chi connectivity index (χ0) is 14.2. The molecule has 0 aromatic rings. The second kappa shape index (κ2) is 7.92. The number of hydrogen-bond acceptors (Lipinski definition) is 5.